The third-order valence-corrected chi connectivity index (χ3v) is 2.34. The monoisotopic (exact) mass is 214 g/mol. The molecular formula is C12H14N4. The Bertz CT molecular complexity index is 468. The van der Waals surface area contributed by atoms with E-state index in [0.717, 1.165) is 29.9 Å². The minimum absolute atomic E-state index is 0.595. The highest BCUT2D eigenvalue weighted by Crippen LogP contribution is 2.11. The molecular weight excluding hydrogens is 200 g/mol. The normalized spacial score (nSPS) is 10.4. The van der Waals surface area contributed by atoms with Gasteiger partial charge in [-0.25, -0.2) is 4.98 Å². The molecule has 0 N–H and O–H groups in total. The van der Waals surface area contributed by atoms with E-state index in [0.29, 0.717) is 5.82 Å². The molecule has 0 spiro atoms. The van der Waals surface area contributed by atoms with Gasteiger partial charge in [0.05, 0.1) is 11.4 Å². The lowest BCUT2D eigenvalue weighted by atomic mass is 10.2. The van der Waals surface area contributed by atoms with Gasteiger partial charge in [0.1, 0.15) is 5.69 Å². The van der Waals surface area contributed by atoms with Crippen LogP contribution in [0.15, 0.2) is 24.4 Å². The van der Waals surface area contributed by atoms with Gasteiger partial charge in [-0.05, 0) is 25.5 Å². The molecule has 0 aliphatic carbocycles. The molecule has 2 rings (SSSR count). The lowest BCUT2D eigenvalue weighted by Crippen LogP contribution is -2.03. The molecule has 2 aromatic rings. The Morgan fingerprint density at radius 3 is 2.69 bits per heavy atom. The second-order valence-corrected chi connectivity index (χ2v) is 3.63. The Labute approximate surface area is 94.8 Å². The van der Waals surface area contributed by atoms with Gasteiger partial charge in [-0.3, -0.25) is 4.98 Å². The van der Waals surface area contributed by atoms with Gasteiger partial charge in [-0.15, -0.1) is 5.10 Å². The topological polar surface area (TPSA) is 51.6 Å². The van der Waals surface area contributed by atoms with Gasteiger partial charge in [0.2, 0.25) is 5.82 Å². The van der Waals surface area contributed by atoms with E-state index in [4.69, 9.17) is 0 Å². The molecule has 4 nitrogen and oxygen atoms in total. The number of nitrogens with zero attached hydrogens (tertiary/aromatic N) is 4. The second-order valence-electron chi connectivity index (χ2n) is 3.63. The summed E-state index contributed by atoms with van der Waals surface area (Å²) in [6.45, 7) is 4.08. The minimum Gasteiger partial charge on any atom is -0.253 e. The van der Waals surface area contributed by atoms with Crippen molar-refractivity contribution >= 4 is 0 Å². The first-order valence-electron chi connectivity index (χ1n) is 5.43. The average molecular weight is 214 g/mol. The molecule has 2 heterocycles. The van der Waals surface area contributed by atoms with Gasteiger partial charge in [-0.1, -0.05) is 19.4 Å². The zero-order valence-electron chi connectivity index (χ0n) is 9.51. The zero-order valence-corrected chi connectivity index (χ0v) is 9.51. The summed E-state index contributed by atoms with van der Waals surface area (Å²) in [5.74, 6) is 0.595. The fourth-order valence-corrected chi connectivity index (χ4v) is 1.50. The van der Waals surface area contributed by atoms with Crippen molar-refractivity contribution in [2.24, 2.45) is 0 Å². The second kappa shape index (κ2) is 4.79. The highest BCUT2D eigenvalue weighted by atomic mass is 15.2. The van der Waals surface area contributed by atoms with Crippen molar-refractivity contribution in [3.8, 4) is 11.5 Å². The van der Waals surface area contributed by atoms with Crippen LogP contribution in [-0.4, -0.2) is 20.2 Å². The number of aryl methyl sites for hydroxylation is 2. The summed E-state index contributed by atoms with van der Waals surface area (Å²) in [6.07, 6.45) is 3.71. The van der Waals surface area contributed by atoms with E-state index in [1.165, 1.54) is 0 Å². The summed E-state index contributed by atoms with van der Waals surface area (Å²) in [6, 6.07) is 5.67. The molecule has 16 heavy (non-hydrogen) atoms. The van der Waals surface area contributed by atoms with E-state index in [-0.39, 0.29) is 0 Å². The fourth-order valence-electron chi connectivity index (χ4n) is 1.50. The summed E-state index contributed by atoms with van der Waals surface area (Å²) in [7, 11) is 0. The van der Waals surface area contributed by atoms with Crippen LogP contribution >= 0.6 is 0 Å². The number of pyridine rings is 1. The van der Waals surface area contributed by atoms with Crippen molar-refractivity contribution in [3.63, 3.8) is 0 Å². The predicted molar refractivity (Wildman–Crippen MR) is 61.8 cm³/mol. The molecule has 0 fully saturated rings. The quantitative estimate of drug-likeness (QED) is 0.786. The highest BCUT2D eigenvalue weighted by Gasteiger charge is 2.06. The molecule has 0 aliphatic rings. The molecule has 4 heteroatoms. The molecule has 0 saturated carbocycles. The van der Waals surface area contributed by atoms with Crippen LogP contribution < -0.4 is 0 Å². The van der Waals surface area contributed by atoms with Crippen LogP contribution in [0.5, 0.6) is 0 Å². The van der Waals surface area contributed by atoms with Crippen molar-refractivity contribution in [2.75, 3.05) is 0 Å². The molecule has 2 aromatic heterocycles. The van der Waals surface area contributed by atoms with Gasteiger partial charge < -0.3 is 0 Å². The summed E-state index contributed by atoms with van der Waals surface area (Å²) < 4.78 is 0. The molecule has 0 aliphatic heterocycles. The SMILES string of the molecule is CCCc1nnc(-c2ccccn2)nc1C. The predicted octanol–water partition coefficient (Wildman–Crippen LogP) is 2.19. The van der Waals surface area contributed by atoms with Gasteiger partial charge in [0, 0.05) is 6.20 Å². The molecule has 0 radical (unpaired) electrons. The molecule has 82 valence electrons. The van der Waals surface area contributed by atoms with Crippen molar-refractivity contribution in [1.29, 1.82) is 0 Å². The van der Waals surface area contributed by atoms with Crippen molar-refractivity contribution < 1.29 is 0 Å². The van der Waals surface area contributed by atoms with E-state index < -0.39 is 0 Å². The Balaban J connectivity index is 2.35. The van der Waals surface area contributed by atoms with Gasteiger partial charge in [-0.2, -0.15) is 5.10 Å². The van der Waals surface area contributed by atoms with E-state index >= 15 is 0 Å². The lowest BCUT2D eigenvalue weighted by molar-refractivity contribution is 0.800. The van der Waals surface area contributed by atoms with Crippen molar-refractivity contribution in [3.05, 3.63) is 35.8 Å². The van der Waals surface area contributed by atoms with Crippen LogP contribution in [0.4, 0.5) is 0 Å². The summed E-state index contributed by atoms with van der Waals surface area (Å²) >= 11 is 0. The molecule has 0 unspecified atom stereocenters. The maximum atomic E-state index is 4.43. The molecule has 0 aromatic carbocycles. The van der Waals surface area contributed by atoms with Crippen LogP contribution in [0.2, 0.25) is 0 Å². The van der Waals surface area contributed by atoms with Crippen LogP contribution in [0.25, 0.3) is 11.5 Å². The molecule has 0 amide bonds. The van der Waals surface area contributed by atoms with Crippen LogP contribution in [0.1, 0.15) is 24.7 Å². The average Bonchev–Trinajstić information content (AvgIpc) is 2.33. The van der Waals surface area contributed by atoms with Crippen molar-refractivity contribution in [2.45, 2.75) is 26.7 Å². The Hall–Kier alpha value is -1.84. The van der Waals surface area contributed by atoms with Crippen molar-refractivity contribution in [1.82, 2.24) is 20.2 Å². The van der Waals surface area contributed by atoms with E-state index in [9.17, 15) is 0 Å². The number of aromatic nitrogens is 4. The summed E-state index contributed by atoms with van der Waals surface area (Å²) in [4.78, 5) is 8.63. The van der Waals surface area contributed by atoms with Gasteiger partial charge in [0.25, 0.3) is 0 Å². The minimum atomic E-state index is 0.595. The van der Waals surface area contributed by atoms with Gasteiger partial charge in [0.15, 0.2) is 0 Å². The van der Waals surface area contributed by atoms with Crippen LogP contribution in [-0.2, 0) is 6.42 Å². The smallest absolute Gasteiger partial charge is 0.200 e. The Morgan fingerprint density at radius 2 is 2.06 bits per heavy atom. The molecule has 0 bridgehead atoms. The first-order valence-corrected chi connectivity index (χ1v) is 5.43. The third kappa shape index (κ3) is 2.21. The Morgan fingerprint density at radius 1 is 1.19 bits per heavy atom. The zero-order chi connectivity index (χ0) is 11.4. The summed E-state index contributed by atoms with van der Waals surface area (Å²) in [5.41, 5.74) is 2.68. The van der Waals surface area contributed by atoms with Crippen LogP contribution in [0.3, 0.4) is 0 Å². The fraction of sp³-hybridized carbons (Fsp3) is 0.333. The van der Waals surface area contributed by atoms with Crippen LogP contribution in [0, 0.1) is 6.92 Å². The lowest BCUT2D eigenvalue weighted by Gasteiger charge is -2.03. The number of hydrogen-bond acceptors (Lipinski definition) is 4. The third-order valence-electron chi connectivity index (χ3n) is 2.34. The maximum Gasteiger partial charge on any atom is 0.200 e. The highest BCUT2D eigenvalue weighted by molar-refractivity contribution is 5.47. The molecule has 0 saturated heterocycles. The van der Waals surface area contributed by atoms with E-state index in [1.807, 2.05) is 25.1 Å². The number of rotatable bonds is 3. The standard InChI is InChI=1S/C12H14N4/c1-3-6-10-9(2)14-12(16-15-10)11-7-4-5-8-13-11/h4-5,7-8H,3,6H2,1-2H3. The van der Waals surface area contributed by atoms with Gasteiger partial charge >= 0.3 is 0 Å². The summed E-state index contributed by atoms with van der Waals surface area (Å²) in [5, 5.41) is 8.30. The largest absolute Gasteiger partial charge is 0.253 e. The van der Waals surface area contributed by atoms with E-state index in [1.54, 1.807) is 6.20 Å². The van der Waals surface area contributed by atoms with E-state index in [2.05, 4.69) is 27.1 Å². The number of hydrogen-bond donors (Lipinski definition) is 0. The first-order chi connectivity index (χ1) is 7.81. The molecule has 0 atom stereocenters. The Kier molecular flexibility index (Phi) is 3.19. The first kappa shape index (κ1) is 10.7. The maximum absolute atomic E-state index is 4.43.